The van der Waals surface area contributed by atoms with Crippen LogP contribution in [0, 0.1) is 5.92 Å². The molecule has 3 heterocycles. The van der Waals surface area contributed by atoms with Crippen molar-refractivity contribution < 1.29 is 28.6 Å². The van der Waals surface area contributed by atoms with Crippen LogP contribution in [0.1, 0.15) is 23.3 Å². The van der Waals surface area contributed by atoms with Gasteiger partial charge in [-0.3, -0.25) is 23.7 Å². The lowest BCUT2D eigenvalue weighted by Crippen LogP contribution is -2.33. The van der Waals surface area contributed by atoms with Gasteiger partial charge in [0.25, 0.3) is 0 Å². The molecule has 11 heteroatoms. The average molecular weight is 541 g/mol. The standard InChI is InChI=1S/C26H24N2O7S2/c1-4-35-18(29)13-27-25-22(37-26(27)32)19(16-7-5-6-8-17(16)34-3)20-21(36-25)24(31)28(23(20)30)14-9-11-15(33-2)12-10-14/h5-12,19-21H,4,13H2,1-3H3. The Bertz CT molecular complexity index is 1430. The highest BCUT2D eigenvalue weighted by molar-refractivity contribution is 8.00. The van der Waals surface area contributed by atoms with Gasteiger partial charge in [0.15, 0.2) is 0 Å². The van der Waals surface area contributed by atoms with Gasteiger partial charge in [-0.2, -0.15) is 0 Å². The van der Waals surface area contributed by atoms with Crippen molar-refractivity contribution in [3.63, 3.8) is 0 Å². The van der Waals surface area contributed by atoms with Gasteiger partial charge in [0.1, 0.15) is 23.3 Å². The molecule has 0 N–H and O–H groups in total. The minimum atomic E-state index is -0.792. The molecular weight excluding hydrogens is 516 g/mol. The maximum atomic E-state index is 13.9. The molecule has 0 aliphatic carbocycles. The molecule has 3 unspecified atom stereocenters. The van der Waals surface area contributed by atoms with Crippen molar-refractivity contribution in [1.82, 2.24) is 4.57 Å². The van der Waals surface area contributed by atoms with Crippen LogP contribution in [0.3, 0.4) is 0 Å². The smallest absolute Gasteiger partial charge is 0.326 e. The molecule has 192 valence electrons. The zero-order chi connectivity index (χ0) is 26.3. The fourth-order valence-corrected chi connectivity index (χ4v) is 7.60. The number of fused-ring (bicyclic) bond motifs is 2. The van der Waals surface area contributed by atoms with Crippen molar-refractivity contribution in [2.75, 3.05) is 25.7 Å². The van der Waals surface area contributed by atoms with Gasteiger partial charge in [-0.25, -0.2) is 4.90 Å². The minimum absolute atomic E-state index is 0.186. The lowest BCUT2D eigenvalue weighted by Gasteiger charge is -2.31. The van der Waals surface area contributed by atoms with Gasteiger partial charge < -0.3 is 14.2 Å². The van der Waals surface area contributed by atoms with E-state index >= 15 is 0 Å². The summed E-state index contributed by atoms with van der Waals surface area (Å²) in [6.45, 7) is 1.61. The number of amides is 2. The first-order valence-corrected chi connectivity index (χ1v) is 13.3. The number of thioether (sulfide) groups is 1. The van der Waals surface area contributed by atoms with Gasteiger partial charge in [0.05, 0.1) is 37.5 Å². The van der Waals surface area contributed by atoms with Crippen molar-refractivity contribution >= 4 is 46.6 Å². The summed E-state index contributed by atoms with van der Waals surface area (Å²) >= 11 is 2.13. The van der Waals surface area contributed by atoms with Crippen LogP contribution in [0.5, 0.6) is 11.5 Å². The Morgan fingerprint density at radius 2 is 1.70 bits per heavy atom. The highest BCUT2D eigenvalue weighted by Gasteiger charge is 2.57. The maximum absolute atomic E-state index is 13.9. The summed E-state index contributed by atoms with van der Waals surface area (Å²) in [4.78, 5) is 54.5. The van der Waals surface area contributed by atoms with E-state index in [1.165, 1.54) is 16.6 Å². The predicted molar refractivity (Wildman–Crippen MR) is 139 cm³/mol. The van der Waals surface area contributed by atoms with Crippen molar-refractivity contribution in [3.8, 4) is 11.5 Å². The fourth-order valence-electron chi connectivity index (χ4n) is 4.84. The number of thiazole rings is 1. The van der Waals surface area contributed by atoms with Crippen LogP contribution in [-0.2, 0) is 25.7 Å². The van der Waals surface area contributed by atoms with Gasteiger partial charge in [-0.15, -0.1) is 0 Å². The van der Waals surface area contributed by atoms with Crippen molar-refractivity contribution in [2.24, 2.45) is 5.92 Å². The molecule has 2 aromatic carbocycles. The fraction of sp³-hybridized carbons (Fsp3) is 0.308. The molecule has 0 spiro atoms. The zero-order valence-corrected chi connectivity index (χ0v) is 22.0. The first kappa shape index (κ1) is 25.1. The number of carbonyl (C=O) groups is 3. The third-order valence-electron chi connectivity index (χ3n) is 6.45. The second-order valence-corrected chi connectivity index (χ2v) is 10.5. The topological polar surface area (TPSA) is 104 Å². The van der Waals surface area contributed by atoms with E-state index in [2.05, 4.69) is 0 Å². The van der Waals surface area contributed by atoms with Crippen LogP contribution in [0.2, 0.25) is 0 Å². The van der Waals surface area contributed by atoms with Gasteiger partial charge in [0, 0.05) is 16.4 Å². The Morgan fingerprint density at radius 3 is 2.38 bits per heavy atom. The number of ether oxygens (including phenoxy) is 3. The molecule has 3 aromatic rings. The van der Waals surface area contributed by atoms with Crippen LogP contribution in [0.4, 0.5) is 5.69 Å². The number of aromatic nitrogens is 1. The number of hydrogen-bond acceptors (Lipinski definition) is 9. The van der Waals surface area contributed by atoms with Crippen LogP contribution in [-0.4, -0.2) is 48.4 Å². The van der Waals surface area contributed by atoms with Gasteiger partial charge >= 0.3 is 10.8 Å². The molecule has 37 heavy (non-hydrogen) atoms. The Balaban J connectivity index is 1.65. The lowest BCUT2D eigenvalue weighted by molar-refractivity contribution is -0.144. The Kier molecular flexibility index (Phi) is 6.82. The summed E-state index contributed by atoms with van der Waals surface area (Å²) in [5, 5.41) is -0.294. The molecule has 3 atom stereocenters. The Morgan fingerprint density at radius 1 is 0.973 bits per heavy atom. The number of methoxy groups -OCH3 is 2. The van der Waals surface area contributed by atoms with Crippen LogP contribution >= 0.6 is 23.1 Å². The van der Waals surface area contributed by atoms with E-state index in [-0.39, 0.29) is 29.8 Å². The Hall–Kier alpha value is -3.57. The molecule has 0 saturated carbocycles. The molecule has 9 nitrogen and oxygen atoms in total. The molecule has 1 aromatic heterocycles. The van der Waals surface area contributed by atoms with E-state index in [1.807, 2.05) is 18.2 Å². The van der Waals surface area contributed by atoms with Gasteiger partial charge in [-0.05, 0) is 37.3 Å². The summed E-state index contributed by atoms with van der Waals surface area (Å²) in [5.74, 6) is -1.51. The molecule has 1 fully saturated rings. The van der Waals surface area contributed by atoms with E-state index in [9.17, 15) is 19.2 Å². The van der Waals surface area contributed by atoms with E-state index in [0.717, 1.165) is 23.1 Å². The summed E-state index contributed by atoms with van der Waals surface area (Å²) in [6, 6.07) is 14.0. The number of nitrogens with zero attached hydrogens (tertiary/aromatic N) is 2. The first-order valence-electron chi connectivity index (χ1n) is 11.6. The molecule has 1 saturated heterocycles. The lowest BCUT2D eigenvalue weighted by atomic mass is 9.82. The summed E-state index contributed by atoms with van der Waals surface area (Å²) in [5.41, 5.74) is 1.14. The summed E-state index contributed by atoms with van der Waals surface area (Å²) in [6.07, 6.45) is 0. The van der Waals surface area contributed by atoms with Crippen molar-refractivity contribution in [1.29, 1.82) is 0 Å². The first-order chi connectivity index (χ1) is 17.9. The normalized spacial score (nSPS) is 20.4. The minimum Gasteiger partial charge on any atom is -0.497 e. The number of rotatable bonds is 7. The second kappa shape index (κ2) is 10.1. The van der Waals surface area contributed by atoms with E-state index in [0.29, 0.717) is 32.7 Å². The van der Waals surface area contributed by atoms with Crippen LogP contribution < -0.4 is 19.2 Å². The van der Waals surface area contributed by atoms with Crippen LogP contribution in [0.15, 0.2) is 58.4 Å². The number of carbonyl (C=O) groups excluding carboxylic acids is 3. The van der Waals surface area contributed by atoms with Crippen molar-refractivity contribution in [2.45, 2.75) is 29.7 Å². The highest BCUT2D eigenvalue weighted by atomic mass is 32.2. The molecule has 0 bridgehead atoms. The Labute approximate surface area is 220 Å². The predicted octanol–water partition coefficient (Wildman–Crippen LogP) is 3.29. The maximum Gasteiger partial charge on any atom is 0.326 e. The number of benzene rings is 2. The van der Waals surface area contributed by atoms with E-state index in [4.69, 9.17) is 14.2 Å². The molecule has 2 aliphatic rings. The molecule has 2 aliphatic heterocycles. The molecule has 2 amide bonds. The quantitative estimate of drug-likeness (QED) is 0.332. The van der Waals surface area contributed by atoms with E-state index < -0.39 is 23.1 Å². The average Bonchev–Trinajstić information content (AvgIpc) is 3.35. The number of hydrogen-bond donors (Lipinski definition) is 0. The zero-order valence-electron chi connectivity index (χ0n) is 20.3. The third-order valence-corrected chi connectivity index (χ3v) is 9.05. The largest absolute Gasteiger partial charge is 0.497 e. The number of esters is 1. The second-order valence-electron chi connectivity index (χ2n) is 8.42. The van der Waals surface area contributed by atoms with E-state index in [1.54, 1.807) is 44.4 Å². The summed E-state index contributed by atoms with van der Waals surface area (Å²) in [7, 11) is 3.08. The molecular formula is C26H24N2O7S2. The van der Waals surface area contributed by atoms with Crippen LogP contribution in [0.25, 0.3) is 0 Å². The molecule has 5 rings (SSSR count). The number of para-hydroxylation sites is 1. The van der Waals surface area contributed by atoms with Gasteiger partial charge in [-0.1, -0.05) is 41.3 Å². The van der Waals surface area contributed by atoms with Crippen molar-refractivity contribution in [3.05, 3.63) is 68.6 Å². The number of anilines is 1. The monoisotopic (exact) mass is 540 g/mol. The molecule has 0 radical (unpaired) electrons. The highest BCUT2D eigenvalue weighted by Crippen LogP contribution is 2.55. The summed E-state index contributed by atoms with van der Waals surface area (Å²) < 4.78 is 17.2. The third kappa shape index (κ3) is 4.21. The van der Waals surface area contributed by atoms with Gasteiger partial charge in [0.2, 0.25) is 11.8 Å². The number of imide groups is 1. The SMILES string of the molecule is CCOC(=O)Cn1c2c(sc1=O)C(c1ccccc1OC)C1C(=O)N(c3ccc(OC)cc3)C(=O)C1S2.